The van der Waals surface area contributed by atoms with Gasteiger partial charge in [-0.2, -0.15) is 0 Å². The number of para-hydroxylation sites is 1. The average molecular weight is 510 g/mol. The molecule has 0 atom stereocenters. The number of ether oxygens (including phenoxy) is 4. The lowest BCUT2D eigenvalue weighted by Crippen LogP contribution is -2.38. The number of hydrogen-bond acceptors (Lipinski definition) is 8. The van der Waals surface area contributed by atoms with Crippen LogP contribution in [0.5, 0.6) is 23.0 Å². The summed E-state index contributed by atoms with van der Waals surface area (Å²) in [6.45, 7) is 7.22. The molecule has 0 bridgehead atoms. The molecule has 3 aromatic rings. The Kier molecular flexibility index (Phi) is 10.2. The fourth-order valence-corrected chi connectivity index (χ4v) is 4.62. The Morgan fingerprint density at radius 3 is 2.06 bits per heavy atom. The lowest BCUT2D eigenvalue weighted by molar-refractivity contribution is 0.0983. The standard InChI is InChI=1S/C24H31N3O5S.ClH/c1-7-26(8-2)12-13-27(24-25-21-17(29-3)10-9-11-20(21)33-24)23(28)16-14-18(30-4)22(32-6)19(15-16)31-5;/h9-11,14-15H,7-8,12-13H2,1-6H3;1H. The van der Waals surface area contributed by atoms with E-state index in [1.165, 1.54) is 32.7 Å². The zero-order valence-corrected chi connectivity index (χ0v) is 22.0. The van der Waals surface area contributed by atoms with Crippen LogP contribution in [0.15, 0.2) is 30.3 Å². The number of carbonyl (C=O) groups excluding carboxylic acids is 1. The van der Waals surface area contributed by atoms with Crippen LogP contribution in [-0.2, 0) is 0 Å². The third-order valence-corrected chi connectivity index (χ3v) is 6.56. The van der Waals surface area contributed by atoms with E-state index in [1.807, 2.05) is 18.2 Å². The minimum atomic E-state index is -0.195. The van der Waals surface area contributed by atoms with Crippen molar-refractivity contribution in [2.45, 2.75) is 13.8 Å². The van der Waals surface area contributed by atoms with Crippen molar-refractivity contribution in [2.24, 2.45) is 0 Å². The summed E-state index contributed by atoms with van der Waals surface area (Å²) in [5.74, 6) is 1.78. The second-order valence-electron chi connectivity index (χ2n) is 7.20. The molecule has 0 aliphatic carbocycles. The summed E-state index contributed by atoms with van der Waals surface area (Å²) >= 11 is 1.46. The van der Waals surface area contributed by atoms with Gasteiger partial charge < -0.3 is 23.8 Å². The quantitative estimate of drug-likeness (QED) is 0.369. The van der Waals surface area contributed by atoms with Crippen LogP contribution in [0.1, 0.15) is 24.2 Å². The van der Waals surface area contributed by atoms with Crippen molar-refractivity contribution in [3.8, 4) is 23.0 Å². The number of amides is 1. The molecule has 2 aromatic carbocycles. The van der Waals surface area contributed by atoms with Crippen molar-refractivity contribution < 1.29 is 23.7 Å². The first-order valence-electron chi connectivity index (χ1n) is 10.8. The predicted octanol–water partition coefficient (Wildman–Crippen LogP) is 4.74. The smallest absolute Gasteiger partial charge is 0.260 e. The molecule has 0 saturated heterocycles. The number of methoxy groups -OCH3 is 4. The maximum atomic E-state index is 13.8. The summed E-state index contributed by atoms with van der Waals surface area (Å²) in [5, 5.41) is 0.611. The molecule has 34 heavy (non-hydrogen) atoms. The van der Waals surface area contributed by atoms with Crippen LogP contribution < -0.4 is 23.8 Å². The van der Waals surface area contributed by atoms with Gasteiger partial charge in [-0.3, -0.25) is 9.69 Å². The molecule has 0 aliphatic rings. The number of benzene rings is 2. The molecule has 10 heteroatoms. The molecule has 8 nitrogen and oxygen atoms in total. The molecule has 0 N–H and O–H groups in total. The average Bonchev–Trinajstić information content (AvgIpc) is 3.29. The van der Waals surface area contributed by atoms with E-state index in [9.17, 15) is 4.79 Å². The first-order chi connectivity index (χ1) is 16.0. The first-order valence-corrected chi connectivity index (χ1v) is 11.6. The molecular formula is C24H32ClN3O5S. The van der Waals surface area contributed by atoms with Crippen LogP contribution >= 0.6 is 23.7 Å². The van der Waals surface area contributed by atoms with E-state index in [4.69, 9.17) is 23.9 Å². The first kappa shape index (κ1) is 27.5. The summed E-state index contributed by atoms with van der Waals surface area (Å²) in [6, 6.07) is 9.10. The van der Waals surface area contributed by atoms with Gasteiger partial charge in [0.25, 0.3) is 5.91 Å². The van der Waals surface area contributed by atoms with Gasteiger partial charge in [-0.1, -0.05) is 31.3 Å². The summed E-state index contributed by atoms with van der Waals surface area (Å²) in [4.78, 5) is 22.5. The monoisotopic (exact) mass is 509 g/mol. The van der Waals surface area contributed by atoms with Gasteiger partial charge in [-0.15, -0.1) is 12.4 Å². The molecular weight excluding hydrogens is 478 g/mol. The second-order valence-corrected chi connectivity index (χ2v) is 8.21. The highest BCUT2D eigenvalue weighted by Gasteiger charge is 2.25. The maximum absolute atomic E-state index is 13.8. The van der Waals surface area contributed by atoms with Crippen LogP contribution in [0.2, 0.25) is 0 Å². The second kappa shape index (κ2) is 12.6. The molecule has 0 radical (unpaired) electrons. The van der Waals surface area contributed by atoms with Crippen molar-refractivity contribution in [3.63, 3.8) is 0 Å². The lowest BCUT2D eigenvalue weighted by Gasteiger charge is -2.25. The molecule has 0 aliphatic heterocycles. The van der Waals surface area contributed by atoms with Crippen LogP contribution in [0.3, 0.4) is 0 Å². The van der Waals surface area contributed by atoms with Gasteiger partial charge in [0.2, 0.25) is 5.75 Å². The zero-order valence-electron chi connectivity index (χ0n) is 20.4. The van der Waals surface area contributed by atoms with Crippen LogP contribution in [-0.4, -0.2) is 70.4 Å². The summed E-state index contributed by atoms with van der Waals surface area (Å²) < 4.78 is 22.7. The van der Waals surface area contributed by atoms with Crippen LogP contribution in [0.4, 0.5) is 5.13 Å². The Morgan fingerprint density at radius 1 is 0.912 bits per heavy atom. The highest BCUT2D eigenvalue weighted by atomic mass is 35.5. The maximum Gasteiger partial charge on any atom is 0.260 e. The normalized spacial score (nSPS) is 10.7. The van der Waals surface area contributed by atoms with E-state index in [1.54, 1.807) is 24.1 Å². The van der Waals surface area contributed by atoms with Gasteiger partial charge in [0.05, 0.1) is 33.1 Å². The minimum Gasteiger partial charge on any atom is -0.494 e. The summed E-state index contributed by atoms with van der Waals surface area (Å²) in [5.41, 5.74) is 1.17. The van der Waals surface area contributed by atoms with Crippen LogP contribution in [0.25, 0.3) is 10.2 Å². The van der Waals surface area contributed by atoms with E-state index >= 15 is 0 Å². The van der Waals surface area contributed by atoms with Crippen molar-refractivity contribution in [3.05, 3.63) is 35.9 Å². The number of likely N-dealkylation sites (N-methyl/N-ethyl adjacent to an activating group) is 1. The van der Waals surface area contributed by atoms with E-state index in [2.05, 4.69) is 18.7 Å². The van der Waals surface area contributed by atoms with E-state index < -0.39 is 0 Å². The van der Waals surface area contributed by atoms with E-state index in [0.29, 0.717) is 40.2 Å². The van der Waals surface area contributed by atoms with Gasteiger partial charge in [0.15, 0.2) is 16.6 Å². The van der Waals surface area contributed by atoms with Crippen molar-refractivity contribution >= 4 is 45.0 Å². The zero-order chi connectivity index (χ0) is 24.0. The fourth-order valence-electron chi connectivity index (χ4n) is 3.62. The Hall–Kier alpha value is -2.75. The number of halogens is 1. The Bertz CT molecular complexity index is 1080. The number of nitrogens with zero attached hydrogens (tertiary/aromatic N) is 3. The number of fused-ring (bicyclic) bond motifs is 1. The number of carbonyl (C=O) groups is 1. The molecule has 0 unspecified atom stereocenters. The highest BCUT2D eigenvalue weighted by Crippen LogP contribution is 2.39. The van der Waals surface area contributed by atoms with Gasteiger partial charge in [0.1, 0.15) is 11.3 Å². The Morgan fingerprint density at radius 2 is 1.53 bits per heavy atom. The molecule has 1 amide bonds. The van der Waals surface area contributed by atoms with Gasteiger partial charge in [-0.05, 0) is 37.4 Å². The highest BCUT2D eigenvalue weighted by molar-refractivity contribution is 7.22. The largest absolute Gasteiger partial charge is 0.494 e. The third kappa shape index (κ3) is 5.65. The molecule has 3 rings (SSSR count). The number of rotatable bonds is 11. The molecule has 1 aromatic heterocycles. The van der Waals surface area contributed by atoms with E-state index in [-0.39, 0.29) is 18.3 Å². The predicted molar refractivity (Wildman–Crippen MR) is 139 cm³/mol. The molecule has 0 fully saturated rings. The SMILES string of the molecule is CCN(CC)CCN(C(=O)c1cc(OC)c(OC)c(OC)c1)c1nc2c(OC)cccc2s1.Cl. The van der Waals surface area contributed by atoms with Crippen molar-refractivity contribution in [1.29, 1.82) is 0 Å². The number of aromatic nitrogens is 1. The van der Waals surface area contributed by atoms with Gasteiger partial charge in [0, 0.05) is 18.7 Å². The molecule has 0 spiro atoms. The van der Waals surface area contributed by atoms with Crippen molar-refractivity contribution in [2.75, 3.05) is 59.5 Å². The molecule has 1 heterocycles. The van der Waals surface area contributed by atoms with Gasteiger partial charge in [-0.25, -0.2) is 4.98 Å². The molecule has 186 valence electrons. The fraction of sp³-hybridized carbons (Fsp3) is 0.417. The Balaban J connectivity index is 0.00000408. The van der Waals surface area contributed by atoms with Crippen molar-refractivity contribution in [1.82, 2.24) is 9.88 Å². The summed E-state index contributed by atoms with van der Waals surface area (Å²) in [7, 11) is 6.22. The van der Waals surface area contributed by atoms with E-state index in [0.717, 1.165) is 29.9 Å². The summed E-state index contributed by atoms with van der Waals surface area (Å²) in [6.07, 6.45) is 0. The third-order valence-electron chi connectivity index (χ3n) is 5.51. The van der Waals surface area contributed by atoms with Gasteiger partial charge >= 0.3 is 0 Å². The number of anilines is 1. The molecule has 0 saturated carbocycles. The lowest BCUT2D eigenvalue weighted by atomic mass is 10.1. The minimum absolute atomic E-state index is 0. The van der Waals surface area contributed by atoms with Crippen LogP contribution in [0, 0.1) is 0 Å². The number of hydrogen-bond donors (Lipinski definition) is 0. The topological polar surface area (TPSA) is 73.4 Å². The Labute approximate surface area is 210 Å². The number of thiazole rings is 1.